The number of benzene rings is 1. The van der Waals surface area contributed by atoms with Gasteiger partial charge in [-0.05, 0) is 38.2 Å². The third-order valence-corrected chi connectivity index (χ3v) is 4.28. The van der Waals surface area contributed by atoms with Crippen molar-refractivity contribution in [3.05, 3.63) is 35.4 Å². The summed E-state index contributed by atoms with van der Waals surface area (Å²) in [6.07, 6.45) is 8.53. The Morgan fingerprint density at radius 1 is 1.11 bits per heavy atom. The molecule has 0 aliphatic heterocycles. The van der Waals surface area contributed by atoms with Crippen LogP contribution in [0.25, 0.3) is 0 Å². The summed E-state index contributed by atoms with van der Waals surface area (Å²) in [6.45, 7) is 3.10. The minimum atomic E-state index is 0.226. The molecule has 19 heavy (non-hydrogen) atoms. The predicted octanol–water partition coefficient (Wildman–Crippen LogP) is 3.75. The van der Waals surface area contributed by atoms with Crippen molar-refractivity contribution < 1.29 is 4.74 Å². The molecule has 0 aromatic heterocycles. The molecule has 2 saturated carbocycles. The van der Waals surface area contributed by atoms with Crippen molar-refractivity contribution in [2.24, 2.45) is 0 Å². The van der Waals surface area contributed by atoms with Crippen molar-refractivity contribution in [2.75, 3.05) is 6.54 Å². The average Bonchev–Trinajstić information content (AvgIpc) is 3.11. The molecule has 2 aliphatic rings. The lowest BCUT2D eigenvalue weighted by Gasteiger charge is -2.23. The smallest absolute Gasteiger partial charge is 0.0953 e. The first kappa shape index (κ1) is 13.1. The molecule has 2 aliphatic carbocycles. The highest BCUT2D eigenvalue weighted by atomic mass is 16.5. The monoisotopic (exact) mass is 259 g/mol. The van der Waals surface area contributed by atoms with E-state index in [-0.39, 0.29) is 6.10 Å². The van der Waals surface area contributed by atoms with Crippen LogP contribution in [0, 0.1) is 6.92 Å². The Morgan fingerprint density at radius 3 is 2.42 bits per heavy atom. The van der Waals surface area contributed by atoms with Crippen molar-refractivity contribution in [3.8, 4) is 0 Å². The van der Waals surface area contributed by atoms with E-state index >= 15 is 0 Å². The molecule has 2 fully saturated rings. The van der Waals surface area contributed by atoms with E-state index in [0.717, 1.165) is 12.6 Å². The summed E-state index contributed by atoms with van der Waals surface area (Å²) >= 11 is 0. The van der Waals surface area contributed by atoms with Crippen LogP contribution in [0.4, 0.5) is 0 Å². The van der Waals surface area contributed by atoms with E-state index in [2.05, 4.69) is 36.5 Å². The molecular weight excluding hydrogens is 234 g/mol. The van der Waals surface area contributed by atoms with Crippen molar-refractivity contribution in [1.82, 2.24) is 5.32 Å². The molecular formula is C17H25NO. The summed E-state index contributed by atoms with van der Waals surface area (Å²) < 4.78 is 6.35. The Balaban J connectivity index is 1.64. The van der Waals surface area contributed by atoms with Gasteiger partial charge in [0.15, 0.2) is 0 Å². The van der Waals surface area contributed by atoms with Crippen LogP contribution in [0.1, 0.15) is 55.8 Å². The first-order valence-electron chi connectivity index (χ1n) is 7.76. The van der Waals surface area contributed by atoms with Crippen molar-refractivity contribution in [3.63, 3.8) is 0 Å². The van der Waals surface area contributed by atoms with Gasteiger partial charge >= 0.3 is 0 Å². The molecule has 2 nitrogen and oxygen atoms in total. The highest BCUT2D eigenvalue weighted by Crippen LogP contribution is 2.28. The molecule has 1 aromatic carbocycles. The van der Waals surface area contributed by atoms with Crippen LogP contribution in [0.5, 0.6) is 0 Å². The Morgan fingerprint density at radius 2 is 1.79 bits per heavy atom. The maximum absolute atomic E-state index is 6.35. The van der Waals surface area contributed by atoms with Gasteiger partial charge in [0.05, 0.1) is 12.2 Å². The molecule has 104 valence electrons. The Labute approximate surface area is 116 Å². The predicted molar refractivity (Wildman–Crippen MR) is 78.3 cm³/mol. The third-order valence-electron chi connectivity index (χ3n) is 4.28. The quantitative estimate of drug-likeness (QED) is 0.840. The zero-order valence-electron chi connectivity index (χ0n) is 11.9. The summed E-state index contributed by atoms with van der Waals surface area (Å²) in [5.41, 5.74) is 2.64. The second-order valence-corrected chi connectivity index (χ2v) is 6.12. The molecule has 2 heteroatoms. The van der Waals surface area contributed by atoms with E-state index in [1.165, 1.54) is 49.7 Å². The zero-order valence-corrected chi connectivity index (χ0v) is 11.9. The molecule has 1 N–H and O–H groups in total. The minimum absolute atomic E-state index is 0.226. The molecule has 1 atom stereocenters. The minimum Gasteiger partial charge on any atom is -0.369 e. The van der Waals surface area contributed by atoms with Gasteiger partial charge in [0.1, 0.15) is 0 Å². The molecule has 0 amide bonds. The number of hydrogen-bond acceptors (Lipinski definition) is 2. The highest BCUT2D eigenvalue weighted by molar-refractivity contribution is 5.23. The van der Waals surface area contributed by atoms with Gasteiger partial charge in [0.2, 0.25) is 0 Å². The van der Waals surface area contributed by atoms with Gasteiger partial charge in [-0.1, -0.05) is 42.7 Å². The van der Waals surface area contributed by atoms with Crippen LogP contribution in [0.15, 0.2) is 24.3 Å². The van der Waals surface area contributed by atoms with E-state index in [1.54, 1.807) is 0 Å². The van der Waals surface area contributed by atoms with Crippen molar-refractivity contribution >= 4 is 0 Å². The van der Waals surface area contributed by atoms with E-state index in [0.29, 0.717) is 6.10 Å². The van der Waals surface area contributed by atoms with Gasteiger partial charge in [-0.25, -0.2) is 0 Å². The highest BCUT2D eigenvalue weighted by Gasteiger charge is 2.25. The van der Waals surface area contributed by atoms with Crippen LogP contribution >= 0.6 is 0 Å². The summed E-state index contributed by atoms with van der Waals surface area (Å²) in [6, 6.07) is 9.59. The fourth-order valence-electron chi connectivity index (χ4n) is 2.84. The summed E-state index contributed by atoms with van der Waals surface area (Å²) in [7, 11) is 0. The van der Waals surface area contributed by atoms with Crippen LogP contribution in [0.2, 0.25) is 0 Å². The maximum Gasteiger partial charge on any atom is 0.0953 e. The summed E-state index contributed by atoms with van der Waals surface area (Å²) in [5, 5.41) is 3.62. The number of hydrogen-bond donors (Lipinski definition) is 1. The van der Waals surface area contributed by atoms with Crippen LogP contribution in [0.3, 0.4) is 0 Å². The Bertz CT molecular complexity index is 390. The fraction of sp³-hybridized carbons (Fsp3) is 0.647. The van der Waals surface area contributed by atoms with Gasteiger partial charge in [-0.2, -0.15) is 0 Å². The lowest BCUT2D eigenvalue weighted by Crippen LogP contribution is -2.27. The number of nitrogens with one attached hydrogen (secondary N) is 1. The Kier molecular flexibility index (Phi) is 4.19. The molecule has 0 heterocycles. The summed E-state index contributed by atoms with van der Waals surface area (Å²) in [5.74, 6) is 0. The standard InChI is InChI=1S/C17H25NO/c1-13-6-8-14(9-7-13)17(12-18-15-10-11-15)19-16-4-2-3-5-16/h6-9,15-18H,2-5,10-12H2,1H3. The largest absolute Gasteiger partial charge is 0.369 e. The van der Waals surface area contributed by atoms with Crippen molar-refractivity contribution in [1.29, 1.82) is 0 Å². The molecule has 0 saturated heterocycles. The number of ether oxygens (including phenoxy) is 1. The number of aryl methyl sites for hydroxylation is 1. The van der Waals surface area contributed by atoms with Gasteiger partial charge < -0.3 is 10.1 Å². The molecule has 0 bridgehead atoms. The molecule has 1 aromatic rings. The second kappa shape index (κ2) is 6.06. The van der Waals surface area contributed by atoms with Crippen LogP contribution < -0.4 is 5.32 Å². The van der Waals surface area contributed by atoms with Crippen LogP contribution in [-0.2, 0) is 4.74 Å². The third kappa shape index (κ3) is 3.80. The van der Waals surface area contributed by atoms with E-state index < -0.39 is 0 Å². The molecule has 1 unspecified atom stereocenters. The average molecular weight is 259 g/mol. The lowest BCUT2D eigenvalue weighted by atomic mass is 10.1. The maximum atomic E-state index is 6.35. The normalized spacial score (nSPS) is 21.7. The van der Waals surface area contributed by atoms with E-state index in [9.17, 15) is 0 Å². The Hall–Kier alpha value is -0.860. The fourth-order valence-corrected chi connectivity index (χ4v) is 2.84. The zero-order chi connectivity index (χ0) is 13.1. The molecule has 0 spiro atoms. The lowest BCUT2D eigenvalue weighted by molar-refractivity contribution is -0.00892. The topological polar surface area (TPSA) is 21.3 Å². The first-order chi connectivity index (χ1) is 9.31. The second-order valence-electron chi connectivity index (χ2n) is 6.12. The van der Waals surface area contributed by atoms with Gasteiger partial charge in [-0.3, -0.25) is 0 Å². The first-order valence-corrected chi connectivity index (χ1v) is 7.76. The SMILES string of the molecule is Cc1ccc(C(CNC2CC2)OC2CCCC2)cc1. The van der Waals surface area contributed by atoms with Gasteiger partial charge in [0, 0.05) is 12.6 Å². The summed E-state index contributed by atoms with van der Waals surface area (Å²) in [4.78, 5) is 0. The van der Waals surface area contributed by atoms with Gasteiger partial charge in [0.25, 0.3) is 0 Å². The number of rotatable bonds is 6. The molecule has 0 radical (unpaired) electrons. The van der Waals surface area contributed by atoms with E-state index in [4.69, 9.17) is 4.74 Å². The van der Waals surface area contributed by atoms with Crippen LogP contribution in [-0.4, -0.2) is 18.7 Å². The van der Waals surface area contributed by atoms with Gasteiger partial charge in [-0.15, -0.1) is 0 Å². The van der Waals surface area contributed by atoms with E-state index in [1.807, 2.05) is 0 Å². The molecule has 3 rings (SSSR count). The van der Waals surface area contributed by atoms with Crippen molar-refractivity contribution in [2.45, 2.75) is 63.7 Å².